The summed E-state index contributed by atoms with van der Waals surface area (Å²) < 4.78 is 19.4. The van der Waals surface area contributed by atoms with Gasteiger partial charge in [-0.05, 0) is 61.2 Å². The lowest BCUT2D eigenvalue weighted by atomic mass is 9.67. The third-order valence-electron chi connectivity index (χ3n) is 8.27. The highest BCUT2D eigenvalue weighted by molar-refractivity contribution is 8.00. The van der Waals surface area contributed by atoms with Crippen LogP contribution in [0.25, 0.3) is 22.2 Å². The Morgan fingerprint density at radius 2 is 1.71 bits per heavy atom. The molecule has 0 spiro atoms. The van der Waals surface area contributed by atoms with Crippen LogP contribution in [-0.2, 0) is 17.8 Å². The van der Waals surface area contributed by atoms with Crippen LogP contribution in [-0.4, -0.2) is 35.8 Å². The highest BCUT2D eigenvalue weighted by atomic mass is 32.2. The number of benzene rings is 2. The molecular weight excluding hydrogens is 587 g/mol. The third kappa shape index (κ3) is 7.20. The first-order chi connectivity index (χ1) is 21.5. The van der Waals surface area contributed by atoms with Gasteiger partial charge in [-0.3, -0.25) is 9.78 Å². The van der Waals surface area contributed by atoms with E-state index >= 15 is 0 Å². The number of carboxylic acid groups (broad SMARTS) is 1. The molecule has 1 atom stereocenters. The summed E-state index contributed by atoms with van der Waals surface area (Å²) in [5.41, 5.74) is 3.40. The molecular formula is C36H39FN4O3S. The highest BCUT2D eigenvalue weighted by Crippen LogP contribution is 2.50. The lowest BCUT2D eigenvalue weighted by Crippen LogP contribution is -2.38. The van der Waals surface area contributed by atoms with Crippen LogP contribution in [0.4, 0.5) is 4.39 Å². The normalized spacial score (nSPS) is 12.8. The Labute approximate surface area is 267 Å². The summed E-state index contributed by atoms with van der Waals surface area (Å²) in [7, 11) is 0. The number of aromatic nitrogens is 4. The van der Waals surface area contributed by atoms with Crippen molar-refractivity contribution in [3.05, 3.63) is 102 Å². The van der Waals surface area contributed by atoms with Crippen molar-refractivity contribution < 1.29 is 19.0 Å². The molecule has 5 aromatic rings. The monoisotopic (exact) mass is 626 g/mol. The molecule has 0 aliphatic rings. The Morgan fingerprint density at radius 1 is 1.00 bits per heavy atom. The number of thioether (sulfide) groups is 1. The largest absolute Gasteiger partial charge is 0.486 e. The van der Waals surface area contributed by atoms with Gasteiger partial charge < -0.3 is 14.8 Å². The van der Waals surface area contributed by atoms with E-state index in [1.165, 1.54) is 12.3 Å². The van der Waals surface area contributed by atoms with Crippen LogP contribution in [0.1, 0.15) is 70.5 Å². The second-order valence-electron chi connectivity index (χ2n) is 12.2. The number of hydrogen-bond donors (Lipinski definition) is 2. The maximum absolute atomic E-state index is 13.4. The number of nitrogens with zero attached hydrogens (tertiary/aromatic N) is 3. The first-order valence-corrected chi connectivity index (χ1v) is 16.0. The zero-order valence-electron chi connectivity index (χ0n) is 26.3. The van der Waals surface area contributed by atoms with Crippen LogP contribution < -0.4 is 4.74 Å². The van der Waals surface area contributed by atoms with Crippen molar-refractivity contribution in [1.29, 1.82) is 0 Å². The number of rotatable bonds is 12. The molecule has 0 saturated carbocycles. The zero-order chi connectivity index (χ0) is 32.2. The van der Waals surface area contributed by atoms with Crippen LogP contribution in [0.5, 0.6) is 5.75 Å². The summed E-state index contributed by atoms with van der Waals surface area (Å²) in [5.74, 6) is -0.252. The summed E-state index contributed by atoms with van der Waals surface area (Å²) in [6.07, 6.45) is 6.05. The number of H-pyrrole nitrogens is 1. The molecule has 3 heterocycles. The van der Waals surface area contributed by atoms with Gasteiger partial charge in [-0.1, -0.05) is 58.9 Å². The number of halogens is 1. The van der Waals surface area contributed by atoms with E-state index in [1.54, 1.807) is 36.3 Å². The Kier molecular flexibility index (Phi) is 9.58. The maximum Gasteiger partial charge on any atom is 0.310 e. The molecule has 2 aromatic carbocycles. The molecule has 0 bridgehead atoms. The number of ether oxygens (including phenoxy) is 1. The van der Waals surface area contributed by atoms with Crippen LogP contribution in [0.2, 0.25) is 0 Å². The summed E-state index contributed by atoms with van der Waals surface area (Å²) in [6, 6.07) is 18.7. The van der Waals surface area contributed by atoms with Gasteiger partial charge in [-0.2, -0.15) is 0 Å². The first-order valence-electron chi connectivity index (χ1n) is 15.2. The van der Waals surface area contributed by atoms with E-state index in [2.05, 4.69) is 40.7 Å². The van der Waals surface area contributed by atoms with Gasteiger partial charge in [0.25, 0.3) is 0 Å². The van der Waals surface area contributed by atoms with E-state index in [0.717, 1.165) is 32.6 Å². The number of aromatic amines is 1. The second-order valence-corrected chi connectivity index (χ2v) is 14.1. The molecule has 0 fully saturated rings. The number of hydrogen-bond acceptors (Lipinski definition) is 6. The molecule has 0 radical (unpaired) electrons. The van der Waals surface area contributed by atoms with E-state index in [0.29, 0.717) is 36.5 Å². The van der Waals surface area contributed by atoms with E-state index in [1.807, 2.05) is 56.3 Å². The Hall–Kier alpha value is -4.24. The average Bonchev–Trinajstić information content (AvgIpc) is 3.37. The van der Waals surface area contributed by atoms with E-state index in [-0.39, 0.29) is 23.1 Å². The van der Waals surface area contributed by atoms with Gasteiger partial charge in [0, 0.05) is 50.1 Å². The van der Waals surface area contributed by atoms with Crippen molar-refractivity contribution in [2.24, 2.45) is 5.41 Å². The van der Waals surface area contributed by atoms with Gasteiger partial charge in [0.1, 0.15) is 18.2 Å². The van der Waals surface area contributed by atoms with E-state index in [9.17, 15) is 14.3 Å². The molecule has 2 N–H and O–H groups in total. The molecule has 5 rings (SSSR count). The number of carboxylic acids is 1. The summed E-state index contributed by atoms with van der Waals surface area (Å²) >= 11 is 1.73. The predicted octanol–water partition coefficient (Wildman–Crippen LogP) is 8.85. The van der Waals surface area contributed by atoms with Crippen LogP contribution in [0.15, 0.2) is 84.1 Å². The molecule has 0 aliphatic carbocycles. The number of fused-ring (bicyclic) bond motifs is 1. The van der Waals surface area contributed by atoms with Crippen molar-refractivity contribution in [1.82, 2.24) is 19.9 Å². The Morgan fingerprint density at radius 3 is 2.31 bits per heavy atom. The predicted molar refractivity (Wildman–Crippen MR) is 177 cm³/mol. The van der Waals surface area contributed by atoms with Crippen LogP contribution >= 0.6 is 11.8 Å². The summed E-state index contributed by atoms with van der Waals surface area (Å²) in [4.78, 5) is 30.6. The van der Waals surface area contributed by atoms with E-state index in [4.69, 9.17) is 4.74 Å². The smallest absolute Gasteiger partial charge is 0.310 e. The molecule has 1 unspecified atom stereocenters. The molecule has 0 saturated heterocycles. The highest BCUT2D eigenvalue weighted by Gasteiger charge is 2.45. The number of nitrogens with one attached hydrogen (secondary N) is 1. The molecule has 0 aliphatic heterocycles. The van der Waals surface area contributed by atoms with E-state index < -0.39 is 11.4 Å². The minimum absolute atomic E-state index is 0.142. The first kappa shape index (κ1) is 32.2. The lowest BCUT2D eigenvalue weighted by molar-refractivity contribution is -0.151. The fraction of sp³-hybridized carbons (Fsp3) is 0.333. The Bertz CT molecular complexity index is 1750. The molecule has 234 valence electrons. The summed E-state index contributed by atoms with van der Waals surface area (Å²) in [5, 5.41) is 11.8. The van der Waals surface area contributed by atoms with Gasteiger partial charge in [-0.15, -0.1) is 11.8 Å². The SMILES string of the molecule is CCC(CC)(C(=O)O)C(Cc1ccc(-c2ccc(F)cn2)cc1)c1[nH]c2ccc(OCc3ncccn3)cc2c1SC(C)(C)C. The molecule has 0 amide bonds. The minimum atomic E-state index is -1.00. The van der Waals surface area contributed by atoms with Crippen molar-refractivity contribution in [3.63, 3.8) is 0 Å². The van der Waals surface area contributed by atoms with Gasteiger partial charge in [-0.25, -0.2) is 14.4 Å². The third-order valence-corrected chi connectivity index (χ3v) is 9.52. The standard InChI is InChI=1S/C36H39FN4O3S/c1-6-36(7-2,34(42)43)28(19-23-9-11-24(12-10-23)29-15-13-25(37)21-40-29)32-33(45-35(3,4)5)27-20-26(14-16-30(27)41-32)44-22-31-38-17-8-18-39-31/h8-18,20-21,28,41H,6-7,19,22H2,1-5H3,(H,42,43). The summed E-state index contributed by atoms with van der Waals surface area (Å²) in [6.45, 7) is 10.7. The minimum Gasteiger partial charge on any atom is -0.486 e. The number of aliphatic carboxylic acids is 1. The van der Waals surface area contributed by atoms with Gasteiger partial charge in [0.15, 0.2) is 5.82 Å². The van der Waals surface area contributed by atoms with Gasteiger partial charge in [0.2, 0.25) is 0 Å². The molecule has 7 nitrogen and oxygen atoms in total. The molecule has 9 heteroatoms. The number of pyridine rings is 1. The maximum atomic E-state index is 13.4. The quantitative estimate of drug-likeness (QED) is 0.133. The van der Waals surface area contributed by atoms with Crippen molar-refractivity contribution in [3.8, 4) is 17.0 Å². The number of carbonyl (C=O) groups is 1. The van der Waals surface area contributed by atoms with Crippen LogP contribution in [0.3, 0.4) is 0 Å². The second kappa shape index (κ2) is 13.4. The zero-order valence-corrected chi connectivity index (χ0v) is 27.1. The van der Waals surface area contributed by atoms with Gasteiger partial charge in [0.05, 0.1) is 17.3 Å². The topological polar surface area (TPSA) is 101 Å². The fourth-order valence-corrected chi connectivity index (χ4v) is 7.03. The molecule has 3 aromatic heterocycles. The van der Waals surface area contributed by atoms with Crippen molar-refractivity contribution in [2.75, 3.05) is 0 Å². The lowest BCUT2D eigenvalue weighted by Gasteiger charge is -2.36. The van der Waals surface area contributed by atoms with Crippen molar-refractivity contribution >= 4 is 28.6 Å². The van der Waals surface area contributed by atoms with Crippen molar-refractivity contribution in [2.45, 2.75) is 76.0 Å². The molecule has 45 heavy (non-hydrogen) atoms. The average molecular weight is 627 g/mol. The Balaban J connectivity index is 1.59. The fourth-order valence-electron chi connectivity index (χ4n) is 5.83. The van der Waals surface area contributed by atoms with Crippen LogP contribution in [0, 0.1) is 11.2 Å². The van der Waals surface area contributed by atoms with Gasteiger partial charge >= 0.3 is 5.97 Å².